The van der Waals surface area contributed by atoms with E-state index in [4.69, 9.17) is 4.74 Å². The lowest BCUT2D eigenvalue weighted by atomic mass is 10.1. The Labute approximate surface area is 194 Å². The number of methoxy groups -OCH3 is 1. The number of hydrogen-bond acceptors (Lipinski definition) is 10. The molecule has 0 aliphatic carbocycles. The second-order valence-electron chi connectivity index (χ2n) is 7.61. The van der Waals surface area contributed by atoms with Gasteiger partial charge in [-0.15, -0.1) is 0 Å². The van der Waals surface area contributed by atoms with Crippen molar-refractivity contribution in [3.63, 3.8) is 0 Å². The molecule has 0 amide bonds. The van der Waals surface area contributed by atoms with Crippen molar-refractivity contribution < 1.29 is 19.7 Å². The number of carbonyl (C=O) groups is 1. The predicted octanol–water partition coefficient (Wildman–Crippen LogP) is 2.44. The number of aromatic nitrogens is 2. The maximum absolute atomic E-state index is 12.5. The van der Waals surface area contributed by atoms with Gasteiger partial charge in [0.15, 0.2) is 11.6 Å². The number of thioether (sulfide) groups is 1. The van der Waals surface area contributed by atoms with E-state index in [0.717, 1.165) is 11.8 Å². The lowest BCUT2D eigenvalue weighted by Crippen LogP contribution is -2.37. The summed E-state index contributed by atoms with van der Waals surface area (Å²) in [6.45, 7) is 1.53. The fraction of sp³-hybridized carbons (Fsp3) is 0.333. The van der Waals surface area contributed by atoms with Gasteiger partial charge in [-0.2, -0.15) is 4.98 Å². The molecule has 0 spiro atoms. The molecule has 1 aromatic carbocycles. The minimum absolute atomic E-state index is 0.0158. The van der Waals surface area contributed by atoms with Crippen LogP contribution in [0.2, 0.25) is 0 Å². The third kappa shape index (κ3) is 5.29. The molecular weight excluding hydrogens is 448 g/mol. The van der Waals surface area contributed by atoms with Crippen molar-refractivity contribution >= 4 is 40.7 Å². The summed E-state index contributed by atoms with van der Waals surface area (Å²) in [4.78, 5) is 38.6. The molecule has 3 rings (SSSR count). The quantitative estimate of drug-likeness (QED) is 0.256. The lowest BCUT2D eigenvalue weighted by molar-refractivity contribution is 0.0172. The predicted molar refractivity (Wildman–Crippen MR) is 129 cm³/mol. The molecule has 1 aliphatic heterocycles. The highest BCUT2D eigenvalue weighted by atomic mass is 32.2. The Morgan fingerprint density at radius 3 is 2.70 bits per heavy atom. The van der Waals surface area contributed by atoms with Gasteiger partial charge < -0.3 is 25.2 Å². The Morgan fingerprint density at radius 1 is 1.36 bits per heavy atom. The Kier molecular flexibility index (Phi) is 7.29. The fourth-order valence-corrected chi connectivity index (χ4v) is 3.86. The molecule has 1 aliphatic rings. The highest BCUT2D eigenvalue weighted by molar-refractivity contribution is 8.14. The van der Waals surface area contributed by atoms with Crippen LogP contribution in [-0.4, -0.2) is 75.8 Å². The first-order valence-electron chi connectivity index (χ1n) is 9.92. The van der Waals surface area contributed by atoms with E-state index in [-0.39, 0.29) is 35.0 Å². The molecule has 2 heterocycles. The van der Waals surface area contributed by atoms with Gasteiger partial charge in [-0.25, -0.2) is 4.99 Å². The highest BCUT2D eigenvalue weighted by Crippen LogP contribution is 2.33. The van der Waals surface area contributed by atoms with Crippen molar-refractivity contribution in [2.45, 2.75) is 12.5 Å². The Balaban J connectivity index is 1.87. The first-order valence-corrected chi connectivity index (χ1v) is 10.9. The number of H-pyrrole nitrogens is 1. The van der Waals surface area contributed by atoms with Crippen LogP contribution < -0.4 is 15.8 Å². The van der Waals surface area contributed by atoms with Crippen LogP contribution in [0.4, 0.5) is 17.5 Å². The molecule has 1 aromatic heterocycles. The van der Waals surface area contributed by atoms with E-state index in [0.29, 0.717) is 5.56 Å². The van der Waals surface area contributed by atoms with E-state index in [9.17, 15) is 19.8 Å². The van der Waals surface area contributed by atoms with Gasteiger partial charge in [0.2, 0.25) is 16.9 Å². The number of aliphatic imine (C=N–C) groups is 1. The van der Waals surface area contributed by atoms with Gasteiger partial charge in [-0.05, 0) is 6.92 Å². The Bertz CT molecular complexity index is 1130. The molecule has 0 bridgehead atoms. The monoisotopic (exact) mass is 474 g/mol. The summed E-state index contributed by atoms with van der Waals surface area (Å²) in [7, 11) is 4.90. The zero-order valence-corrected chi connectivity index (χ0v) is 19.5. The number of rotatable bonds is 8. The zero-order valence-electron chi connectivity index (χ0n) is 18.7. The topological polar surface area (TPSA) is 143 Å². The van der Waals surface area contributed by atoms with Crippen LogP contribution in [0.25, 0.3) is 0 Å². The van der Waals surface area contributed by atoms with Gasteiger partial charge in [-0.3, -0.25) is 19.5 Å². The molecule has 0 radical (unpaired) electrons. The van der Waals surface area contributed by atoms with E-state index in [1.807, 2.05) is 6.07 Å². The van der Waals surface area contributed by atoms with Crippen LogP contribution in [0, 0.1) is 0 Å². The summed E-state index contributed by atoms with van der Waals surface area (Å²) < 4.78 is 5.46. The molecule has 1 atom stereocenters. The molecule has 0 saturated carbocycles. The number of aliphatic hydroxyl groups excluding tert-OH is 2. The summed E-state index contributed by atoms with van der Waals surface area (Å²) >= 11 is 0.951. The van der Waals surface area contributed by atoms with Gasteiger partial charge in [0, 0.05) is 32.5 Å². The Hall–Kier alpha value is -3.51. The number of hydrogen-bond donors (Lipinski definition) is 4. The van der Waals surface area contributed by atoms with Crippen LogP contribution in [0.5, 0.6) is 0 Å². The molecule has 11 nitrogen and oxygen atoms in total. The normalized spacial score (nSPS) is 15.6. The second-order valence-corrected chi connectivity index (χ2v) is 8.56. The number of aromatic amines is 1. The van der Waals surface area contributed by atoms with E-state index in [2.05, 4.69) is 20.3 Å². The summed E-state index contributed by atoms with van der Waals surface area (Å²) in [6, 6.07) is 8.72. The van der Waals surface area contributed by atoms with Crippen molar-refractivity contribution in [2.75, 3.05) is 43.8 Å². The van der Waals surface area contributed by atoms with Crippen LogP contribution in [0.3, 0.4) is 0 Å². The Morgan fingerprint density at radius 2 is 2.06 bits per heavy atom. The number of carbonyl (C=O) groups excluding carboxylic acids is 1. The largest absolute Gasteiger partial charge is 0.505 e. The van der Waals surface area contributed by atoms with Gasteiger partial charge >= 0.3 is 0 Å². The molecule has 0 fully saturated rings. The van der Waals surface area contributed by atoms with Crippen LogP contribution in [-0.2, 0) is 4.74 Å². The van der Waals surface area contributed by atoms with Crippen LogP contribution >= 0.6 is 11.8 Å². The summed E-state index contributed by atoms with van der Waals surface area (Å²) in [5.41, 5.74) is -1.22. The first kappa shape index (κ1) is 24.1. The number of ether oxygens (including phenoxy) is 1. The van der Waals surface area contributed by atoms with Crippen molar-refractivity contribution in [1.29, 1.82) is 0 Å². The number of nitrogens with zero attached hydrogens (tertiary/aromatic N) is 4. The van der Waals surface area contributed by atoms with Crippen LogP contribution in [0.1, 0.15) is 17.3 Å². The van der Waals surface area contributed by atoms with Crippen molar-refractivity contribution in [3.8, 4) is 0 Å². The summed E-state index contributed by atoms with van der Waals surface area (Å²) in [6.07, 6.45) is 1.47. The van der Waals surface area contributed by atoms with Crippen LogP contribution in [0.15, 0.2) is 51.8 Å². The molecule has 0 unspecified atom stereocenters. The number of anilines is 2. The minimum Gasteiger partial charge on any atom is -0.505 e. The van der Waals surface area contributed by atoms with E-state index < -0.39 is 22.8 Å². The average Bonchev–Trinajstić information content (AvgIpc) is 3.25. The van der Waals surface area contributed by atoms with Gasteiger partial charge in [0.25, 0.3) is 5.56 Å². The number of aliphatic hydroxyl groups is 2. The van der Waals surface area contributed by atoms with Crippen molar-refractivity contribution in [2.24, 2.45) is 4.99 Å². The third-order valence-electron chi connectivity index (χ3n) is 4.88. The van der Waals surface area contributed by atoms with Gasteiger partial charge in [0.1, 0.15) is 11.3 Å². The van der Waals surface area contributed by atoms with E-state index in [1.54, 1.807) is 50.2 Å². The molecule has 0 saturated heterocycles. The molecule has 4 N–H and O–H groups in total. The van der Waals surface area contributed by atoms with Crippen molar-refractivity contribution in [1.82, 2.24) is 14.9 Å². The summed E-state index contributed by atoms with van der Waals surface area (Å²) in [5.74, 6) is -0.901. The second kappa shape index (κ2) is 9.96. The van der Waals surface area contributed by atoms with E-state index in [1.165, 1.54) is 18.3 Å². The lowest BCUT2D eigenvalue weighted by Gasteiger charge is -2.29. The number of fused-ring (bicyclic) bond motifs is 1. The van der Waals surface area contributed by atoms with Gasteiger partial charge in [-0.1, -0.05) is 42.1 Å². The third-order valence-corrected chi connectivity index (χ3v) is 6.07. The minimum atomic E-state index is -1.39. The maximum Gasteiger partial charge on any atom is 0.278 e. The molecule has 176 valence electrons. The summed E-state index contributed by atoms with van der Waals surface area (Å²) in [5, 5.41) is 24.4. The molecule has 33 heavy (non-hydrogen) atoms. The average molecular weight is 475 g/mol. The fourth-order valence-electron chi connectivity index (χ4n) is 2.89. The molecule has 2 aromatic rings. The maximum atomic E-state index is 12.5. The first-order chi connectivity index (χ1) is 15.7. The number of nitrogens with one attached hydrogen (secondary N) is 2. The van der Waals surface area contributed by atoms with Crippen molar-refractivity contribution in [3.05, 3.63) is 57.9 Å². The highest BCUT2D eigenvalue weighted by Gasteiger charge is 2.37. The molecule has 12 heteroatoms. The standard InChI is InChI=1S/C21H26N6O5S/c1-21(32-4,10-33-19(31)13-8-6-5-7-9-13)15(28)18(30)27-12-22-14-16(27)24-20(25-17(14)29)23-11-26(2)3/h5-9,11,22,28,30H,10,12H2,1-4H3,(H,24,25,29)/b18-15-,23-11?/t21-/m0/s1. The number of benzene rings is 1. The SMILES string of the molecule is CO[C@@](C)(CSC(=O)c1ccccc1)/C(O)=C(/O)N1CNc2c1nc(N=CN(C)C)[nH]c2=O. The molecular formula is C21H26N6O5S. The van der Waals surface area contributed by atoms with Gasteiger partial charge in [0.05, 0.1) is 13.0 Å². The van der Waals surface area contributed by atoms with E-state index >= 15 is 0 Å². The smallest absolute Gasteiger partial charge is 0.278 e. The zero-order chi connectivity index (χ0) is 24.2.